The van der Waals surface area contributed by atoms with Gasteiger partial charge in [0.1, 0.15) is 0 Å². The van der Waals surface area contributed by atoms with Gasteiger partial charge >= 0.3 is 0 Å². The molecule has 1 saturated carbocycles. The van der Waals surface area contributed by atoms with E-state index in [2.05, 4.69) is 15.7 Å². The molecule has 1 saturated heterocycles. The van der Waals surface area contributed by atoms with Gasteiger partial charge in [0.25, 0.3) is 0 Å². The maximum Gasteiger partial charge on any atom is 0.0726 e. The van der Waals surface area contributed by atoms with E-state index in [-0.39, 0.29) is 0 Å². The summed E-state index contributed by atoms with van der Waals surface area (Å²) in [6, 6.07) is 0.660. The van der Waals surface area contributed by atoms with Crippen LogP contribution >= 0.6 is 0 Å². The van der Waals surface area contributed by atoms with Gasteiger partial charge in [-0.15, -0.1) is 0 Å². The smallest absolute Gasteiger partial charge is 0.0726 e. The summed E-state index contributed by atoms with van der Waals surface area (Å²) < 4.78 is 1.84. The van der Waals surface area contributed by atoms with Gasteiger partial charge in [-0.3, -0.25) is 4.68 Å². The second-order valence-electron chi connectivity index (χ2n) is 5.15. The van der Waals surface area contributed by atoms with E-state index < -0.39 is 0 Å². The molecular weight excluding hydrogens is 200 g/mol. The van der Waals surface area contributed by atoms with Crippen molar-refractivity contribution in [2.24, 2.45) is 18.9 Å². The number of aryl methyl sites for hydroxylation is 1. The van der Waals surface area contributed by atoms with Crippen molar-refractivity contribution >= 4 is 5.69 Å². The summed E-state index contributed by atoms with van der Waals surface area (Å²) in [6.07, 6.45) is 8.20. The van der Waals surface area contributed by atoms with Crippen LogP contribution in [0.2, 0.25) is 0 Å². The Morgan fingerprint density at radius 2 is 2.50 bits per heavy atom. The topological polar surface area (TPSA) is 41.9 Å². The SMILES string of the molecule is Cn1cc(NCC2NCC3CCCC32)cn1. The lowest BCUT2D eigenvalue weighted by molar-refractivity contribution is 0.423. The fourth-order valence-corrected chi connectivity index (χ4v) is 3.27. The predicted octanol–water partition coefficient (Wildman–Crippen LogP) is 1.22. The number of nitrogens with zero attached hydrogens (tertiary/aromatic N) is 2. The fourth-order valence-electron chi connectivity index (χ4n) is 3.27. The van der Waals surface area contributed by atoms with Crippen LogP contribution in [0.25, 0.3) is 0 Å². The first-order valence-electron chi connectivity index (χ1n) is 6.29. The average Bonchev–Trinajstić information content (AvgIpc) is 2.91. The molecule has 0 bridgehead atoms. The summed E-state index contributed by atoms with van der Waals surface area (Å²) in [7, 11) is 1.95. The highest BCUT2D eigenvalue weighted by molar-refractivity contribution is 5.38. The summed E-state index contributed by atoms with van der Waals surface area (Å²) in [4.78, 5) is 0. The van der Waals surface area contributed by atoms with Crippen LogP contribution in [0.1, 0.15) is 19.3 Å². The molecule has 3 unspecified atom stereocenters. The predicted molar refractivity (Wildman–Crippen MR) is 64.3 cm³/mol. The molecule has 1 aromatic rings. The lowest BCUT2D eigenvalue weighted by atomic mass is 9.94. The van der Waals surface area contributed by atoms with Crippen molar-refractivity contribution in [2.45, 2.75) is 25.3 Å². The highest BCUT2D eigenvalue weighted by atomic mass is 15.3. The van der Waals surface area contributed by atoms with Crippen molar-refractivity contribution in [1.29, 1.82) is 0 Å². The van der Waals surface area contributed by atoms with Crippen LogP contribution in [0.5, 0.6) is 0 Å². The van der Waals surface area contributed by atoms with Crippen molar-refractivity contribution in [1.82, 2.24) is 15.1 Å². The van der Waals surface area contributed by atoms with E-state index in [4.69, 9.17) is 0 Å². The van der Waals surface area contributed by atoms with E-state index in [1.807, 2.05) is 24.1 Å². The number of aromatic nitrogens is 2. The maximum absolute atomic E-state index is 4.16. The average molecular weight is 220 g/mol. The first kappa shape index (κ1) is 10.1. The largest absolute Gasteiger partial charge is 0.381 e. The Labute approximate surface area is 96.4 Å². The zero-order chi connectivity index (χ0) is 11.0. The Morgan fingerprint density at radius 3 is 3.31 bits per heavy atom. The van der Waals surface area contributed by atoms with Crippen molar-refractivity contribution < 1.29 is 0 Å². The zero-order valence-electron chi connectivity index (χ0n) is 9.82. The molecule has 16 heavy (non-hydrogen) atoms. The standard InChI is InChI=1S/C12H20N4/c1-16-8-10(6-15-16)13-7-12-11-4-2-3-9(11)5-14-12/h6,8-9,11-14H,2-5,7H2,1H3. The lowest BCUT2D eigenvalue weighted by Crippen LogP contribution is -2.34. The summed E-state index contributed by atoms with van der Waals surface area (Å²) in [5, 5.41) is 11.3. The third-order valence-corrected chi connectivity index (χ3v) is 4.11. The van der Waals surface area contributed by atoms with Crippen LogP contribution in [-0.4, -0.2) is 28.9 Å². The molecule has 3 rings (SSSR count). The highest BCUT2D eigenvalue weighted by Crippen LogP contribution is 2.37. The minimum absolute atomic E-state index is 0.660. The first-order valence-corrected chi connectivity index (χ1v) is 6.29. The van der Waals surface area contributed by atoms with Crippen LogP contribution in [0.15, 0.2) is 12.4 Å². The molecule has 0 radical (unpaired) electrons. The lowest BCUT2D eigenvalue weighted by Gasteiger charge is -2.18. The van der Waals surface area contributed by atoms with E-state index >= 15 is 0 Å². The van der Waals surface area contributed by atoms with E-state index in [1.54, 1.807) is 0 Å². The fraction of sp³-hybridized carbons (Fsp3) is 0.750. The summed E-state index contributed by atoms with van der Waals surface area (Å²) in [5.41, 5.74) is 1.13. The molecule has 4 nitrogen and oxygen atoms in total. The third kappa shape index (κ3) is 1.82. The molecule has 2 heterocycles. The van der Waals surface area contributed by atoms with Gasteiger partial charge in [-0.2, -0.15) is 5.10 Å². The number of hydrogen-bond acceptors (Lipinski definition) is 3. The molecule has 0 spiro atoms. The van der Waals surface area contributed by atoms with Gasteiger partial charge in [0, 0.05) is 25.8 Å². The molecule has 0 amide bonds. The monoisotopic (exact) mass is 220 g/mol. The van der Waals surface area contributed by atoms with Crippen LogP contribution in [0, 0.1) is 11.8 Å². The second kappa shape index (κ2) is 4.09. The molecule has 3 atom stereocenters. The highest BCUT2D eigenvalue weighted by Gasteiger charge is 2.38. The summed E-state index contributed by atoms with van der Waals surface area (Å²) in [5.74, 6) is 1.85. The Bertz CT molecular complexity index is 360. The van der Waals surface area contributed by atoms with Crippen molar-refractivity contribution in [2.75, 3.05) is 18.4 Å². The van der Waals surface area contributed by atoms with E-state index in [0.29, 0.717) is 6.04 Å². The zero-order valence-corrected chi connectivity index (χ0v) is 9.82. The molecule has 1 aliphatic heterocycles. The van der Waals surface area contributed by atoms with E-state index in [9.17, 15) is 0 Å². The van der Waals surface area contributed by atoms with Crippen LogP contribution in [0.4, 0.5) is 5.69 Å². The molecule has 0 aromatic carbocycles. The van der Waals surface area contributed by atoms with Gasteiger partial charge < -0.3 is 10.6 Å². The maximum atomic E-state index is 4.16. The van der Waals surface area contributed by atoms with Crippen LogP contribution in [0.3, 0.4) is 0 Å². The minimum atomic E-state index is 0.660. The molecule has 2 aliphatic rings. The van der Waals surface area contributed by atoms with Crippen molar-refractivity contribution in [3.8, 4) is 0 Å². The van der Waals surface area contributed by atoms with Crippen molar-refractivity contribution in [3.63, 3.8) is 0 Å². The minimum Gasteiger partial charge on any atom is -0.381 e. The van der Waals surface area contributed by atoms with Gasteiger partial charge in [0.15, 0.2) is 0 Å². The van der Waals surface area contributed by atoms with E-state index in [1.165, 1.54) is 25.8 Å². The van der Waals surface area contributed by atoms with Gasteiger partial charge in [-0.25, -0.2) is 0 Å². The van der Waals surface area contributed by atoms with Gasteiger partial charge in [0.2, 0.25) is 0 Å². The van der Waals surface area contributed by atoms with E-state index in [0.717, 1.165) is 24.1 Å². The summed E-state index contributed by atoms with van der Waals surface area (Å²) in [6.45, 7) is 2.26. The molecule has 4 heteroatoms. The van der Waals surface area contributed by atoms with Gasteiger partial charge in [-0.05, 0) is 31.2 Å². The number of nitrogens with one attached hydrogen (secondary N) is 2. The second-order valence-corrected chi connectivity index (χ2v) is 5.15. The number of anilines is 1. The normalized spacial score (nSPS) is 32.9. The van der Waals surface area contributed by atoms with Gasteiger partial charge in [0.05, 0.1) is 11.9 Å². The van der Waals surface area contributed by atoms with Crippen LogP contribution < -0.4 is 10.6 Å². The molecular formula is C12H20N4. The first-order chi connectivity index (χ1) is 7.83. The molecule has 1 aromatic heterocycles. The number of fused-ring (bicyclic) bond motifs is 1. The molecule has 2 fully saturated rings. The Kier molecular flexibility index (Phi) is 2.59. The van der Waals surface area contributed by atoms with Crippen LogP contribution in [-0.2, 0) is 7.05 Å². The Morgan fingerprint density at radius 1 is 1.56 bits per heavy atom. The summed E-state index contributed by atoms with van der Waals surface area (Å²) >= 11 is 0. The third-order valence-electron chi connectivity index (χ3n) is 4.11. The Balaban J connectivity index is 1.55. The number of hydrogen-bond donors (Lipinski definition) is 2. The molecule has 2 N–H and O–H groups in total. The Hall–Kier alpha value is -1.03. The van der Waals surface area contributed by atoms with Crippen molar-refractivity contribution in [3.05, 3.63) is 12.4 Å². The molecule has 88 valence electrons. The van der Waals surface area contributed by atoms with Gasteiger partial charge in [-0.1, -0.05) is 6.42 Å². The molecule has 1 aliphatic carbocycles. The quantitative estimate of drug-likeness (QED) is 0.805. The number of rotatable bonds is 3.